The summed E-state index contributed by atoms with van der Waals surface area (Å²) in [6, 6.07) is 0. The second kappa shape index (κ2) is 5.08. The van der Waals surface area contributed by atoms with E-state index in [9.17, 15) is 4.79 Å². The molecule has 0 saturated heterocycles. The van der Waals surface area contributed by atoms with Gasteiger partial charge in [0, 0.05) is 31.6 Å². The lowest BCUT2D eigenvalue weighted by atomic mass is 10.2. The Labute approximate surface area is 114 Å². The molecule has 3 aromatic heterocycles. The number of fused-ring (bicyclic) bond motifs is 1. The first-order chi connectivity index (χ1) is 9.75. The van der Waals surface area contributed by atoms with Gasteiger partial charge in [0.1, 0.15) is 12.2 Å². The third-order valence-corrected chi connectivity index (χ3v) is 2.99. The number of nitrogens with zero attached hydrogens (tertiary/aromatic N) is 5. The van der Waals surface area contributed by atoms with Gasteiger partial charge in [0.25, 0.3) is 11.7 Å². The first-order valence-corrected chi connectivity index (χ1v) is 6.17. The van der Waals surface area contributed by atoms with Gasteiger partial charge in [0.2, 0.25) is 0 Å². The molecule has 0 aliphatic carbocycles. The van der Waals surface area contributed by atoms with Crippen molar-refractivity contribution in [1.82, 2.24) is 34.9 Å². The normalized spacial score (nSPS) is 10.8. The number of carbonyl (C=O) groups excluding carboxylic acids is 1. The number of carbonyl (C=O) groups is 1. The Hall–Kier alpha value is -2.77. The highest BCUT2D eigenvalue weighted by Crippen LogP contribution is 2.07. The zero-order valence-electron chi connectivity index (χ0n) is 10.9. The van der Waals surface area contributed by atoms with E-state index in [1.807, 2.05) is 6.92 Å². The summed E-state index contributed by atoms with van der Waals surface area (Å²) in [4.78, 5) is 27.3. The van der Waals surface area contributed by atoms with Crippen molar-refractivity contribution in [2.45, 2.75) is 13.3 Å². The first kappa shape index (κ1) is 12.3. The predicted octanol–water partition coefficient (Wildman–Crippen LogP) is 0.128. The molecular weight excluding hydrogens is 258 g/mol. The van der Waals surface area contributed by atoms with Gasteiger partial charge in [-0.2, -0.15) is 10.1 Å². The lowest BCUT2D eigenvalue weighted by Gasteiger charge is -2.07. The van der Waals surface area contributed by atoms with Crippen molar-refractivity contribution >= 4 is 11.7 Å². The molecule has 0 aromatic carbocycles. The molecule has 8 heteroatoms. The molecule has 0 spiro atoms. The van der Waals surface area contributed by atoms with Gasteiger partial charge < -0.3 is 10.3 Å². The topological polar surface area (TPSA) is 101 Å². The summed E-state index contributed by atoms with van der Waals surface area (Å²) < 4.78 is 1.54. The van der Waals surface area contributed by atoms with Crippen LogP contribution in [0.1, 0.15) is 21.9 Å². The highest BCUT2D eigenvalue weighted by atomic mass is 16.1. The number of rotatable bonds is 4. The van der Waals surface area contributed by atoms with E-state index >= 15 is 0 Å². The molecule has 20 heavy (non-hydrogen) atoms. The molecule has 3 heterocycles. The maximum absolute atomic E-state index is 12.1. The fourth-order valence-electron chi connectivity index (χ4n) is 1.94. The minimum Gasteiger partial charge on any atom is -0.351 e. The summed E-state index contributed by atoms with van der Waals surface area (Å²) >= 11 is 0. The summed E-state index contributed by atoms with van der Waals surface area (Å²) in [6.45, 7) is 2.31. The van der Waals surface area contributed by atoms with Gasteiger partial charge in [-0.3, -0.25) is 4.79 Å². The van der Waals surface area contributed by atoms with E-state index in [4.69, 9.17) is 0 Å². The molecule has 0 bridgehead atoms. The number of H-pyrrole nitrogens is 1. The summed E-state index contributed by atoms with van der Waals surface area (Å²) in [6.07, 6.45) is 7.01. The van der Waals surface area contributed by atoms with Crippen LogP contribution in [-0.2, 0) is 6.42 Å². The number of amides is 1. The molecule has 2 N–H and O–H groups in total. The highest BCUT2D eigenvalue weighted by Gasteiger charge is 2.13. The van der Waals surface area contributed by atoms with Crippen molar-refractivity contribution in [2.24, 2.45) is 0 Å². The van der Waals surface area contributed by atoms with Crippen LogP contribution >= 0.6 is 0 Å². The Morgan fingerprint density at radius 2 is 2.30 bits per heavy atom. The van der Waals surface area contributed by atoms with Crippen LogP contribution in [0, 0.1) is 6.92 Å². The number of nitrogens with one attached hydrogen (secondary N) is 2. The average molecular weight is 271 g/mol. The summed E-state index contributed by atoms with van der Waals surface area (Å²) in [7, 11) is 0. The molecule has 3 rings (SSSR count). The standard InChI is InChI=1S/C12H13N7O/c1-8-9(6-16-12-17-7-18-19(8)12)11(20)15-3-2-10-13-4-5-14-10/h4-7H,2-3H2,1H3,(H,13,14)(H,15,20). The largest absolute Gasteiger partial charge is 0.351 e. The predicted molar refractivity (Wildman–Crippen MR) is 70.1 cm³/mol. The van der Waals surface area contributed by atoms with Gasteiger partial charge >= 0.3 is 0 Å². The Morgan fingerprint density at radius 3 is 3.10 bits per heavy atom. The number of aryl methyl sites for hydroxylation is 1. The summed E-state index contributed by atoms with van der Waals surface area (Å²) in [5.74, 6) is 1.14. The quantitative estimate of drug-likeness (QED) is 0.702. The third-order valence-electron chi connectivity index (χ3n) is 2.99. The molecule has 8 nitrogen and oxygen atoms in total. The zero-order valence-corrected chi connectivity index (χ0v) is 10.9. The van der Waals surface area contributed by atoms with Crippen molar-refractivity contribution < 1.29 is 4.79 Å². The molecule has 0 saturated carbocycles. The number of aromatic amines is 1. The summed E-state index contributed by atoms with van der Waals surface area (Å²) in [5, 5.41) is 6.86. The molecule has 0 aliphatic heterocycles. The molecule has 3 aromatic rings. The monoisotopic (exact) mass is 271 g/mol. The van der Waals surface area contributed by atoms with Crippen LogP contribution in [0.3, 0.4) is 0 Å². The minimum absolute atomic E-state index is 0.182. The highest BCUT2D eigenvalue weighted by molar-refractivity contribution is 5.95. The van der Waals surface area contributed by atoms with Crippen molar-refractivity contribution in [3.63, 3.8) is 0 Å². The fraction of sp³-hybridized carbons (Fsp3) is 0.250. The van der Waals surface area contributed by atoms with Gasteiger partial charge in [-0.1, -0.05) is 0 Å². The van der Waals surface area contributed by atoms with E-state index in [1.165, 1.54) is 12.5 Å². The van der Waals surface area contributed by atoms with E-state index < -0.39 is 0 Å². The van der Waals surface area contributed by atoms with E-state index in [-0.39, 0.29) is 5.91 Å². The van der Waals surface area contributed by atoms with Gasteiger partial charge in [0.15, 0.2) is 0 Å². The van der Waals surface area contributed by atoms with Crippen LogP contribution in [0.15, 0.2) is 24.9 Å². The lowest BCUT2D eigenvalue weighted by Crippen LogP contribution is -2.27. The smallest absolute Gasteiger partial charge is 0.254 e. The molecule has 102 valence electrons. The van der Waals surface area contributed by atoms with Gasteiger partial charge in [0.05, 0.1) is 11.3 Å². The van der Waals surface area contributed by atoms with Crippen LogP contribution in [0.5, 0.6) is 0 Å². The average Bonchev–Trinajstić information content (AvgIpc) is 3.09. The number of hydrogen-bond acceptors (Lipinski definition) is 5. The van der Waals surface area contributed by atoms with Crippen LogP contribution in [0.2, 0.25) is 0 Å². The van der Waals surface area contributed by atoms with Crippen LogP contribution in [0.4, 0.5) is 0 Å². The van der Waals surface area contributed by atoms with Crippen molar-refractivity contribution in [3.05, 3.63) is 42.0 Å². The van der Waals surface area contributed by atoms with Crippen molar-refractivity contribution in [1.29, 1.82) is 0 Å². The van der Waals surface area contributed by atoms with E-state index in [2.05, 4.69) is 30.4 Å². The van der Waals surface area contributed by atoms with Crippen molar-refractivity contribution in [3.8, 4) is 0 Å². The molecular formula is C12H13N7O. The van der Waals surface area contributed by atoms with Crippen LogP contribution < -0.4 is 5.32 Å². The Kier molecular flexibility index (Phi) is 3.12. The minimum atomic E-state index is -0.182. The Balaban J connectivity index is 1.70. The van der Waals surface area contributed by atoms with Gasteiger partial charge in [-0.25, -0.2) is 14.5 Å². The van der Waals surface area contributed by atoms with Crippen molar-refractivity contribution in [2.75, 3.05) is 6.54 Å². The van der Waals surface area contributed by atoms with Gasteiger partial charge in [-0.05, 0) is 6.92 Å². The first-order valence-electron chi connectivity index (χ1n) is 6.17. The van der Waals surface area contributed by atoms with E-state index in [1.54, 1.807) is 16.9 Å². The Bertz CT molecular complexity index is 731. The second-order valence-electron chi connectivity index (χ2n) is 4.27. The number of hydrogen-bond donors (Lipinski definition) is 2. The van der Waals surface area contributed by atoms with Gasteiger partial charge in [-0.15, -0.1) is 0 Å². The van der Waals surface area contributed by atoms with Crippen LogP contribution in [0.25, 0.3) is 5.78 Å². The Morgan fingerprint density at radius 1 is 1.40 bits per heavy atom. The molecule has 0 aliphatic rings. The molecule has 0 unspecified atom stereocenters. The van der Waals surface area contributed by atoms with Crippen LogP contribution in [-0.4, -0.2) is 42.0 Å². The van der Waals surface area contributed by atoms with E-state index in [0.717, 1.165) is 5.82 Å². The maximum Gasteiger partial charge on any atom is 0.254 e. The maximum atomic E-state index is 12.1. The van der Waals surface area contributed by atoms with E-state index in [0.29, 0.717) is 30.0 Å². The number of imidazole rings is 1. The second-order valence-corrected chi connectivity index (χ2v) is 4.27. The fourth-order valence-corrected chi connectivity index (χ4v) is 1.94. The molecule has 0 radical (unpaired) electrons. The summed E-state index contributed by atoms with van der Waals surface area (Å²) in [5.41, 5.74) is 1.20. The SMILES string of the molecule is Cc1c(C(=O)NCCc2ncc[nH]2)cnc2ncnn12. The molecule has 0 atom stereocenters. The third kappa shape index (κ3) is 2.22. The molecule has 1 amide bonds. The zero-order chi connectivity index (χ0) is 13.9. The molecule has 0 fully saturated rings. The lowest BCUT2D eigenvalue weighted by molar-refractivity contribution is 0.0952. The number of aromatic nitrogens is 6.